The molecule has 1 atom stereocenters. The number of hydrogen-bond donors (Lipinski definition) is 1. The number of halogens is 1. The van der Waals surface area contributed by atoms with Crippen LogP contribution in [0.4, 0.5) is 17.1 Å². The number of anilines is 1. The number of rotatable bonds is 5. The van der Waals surface area contributed by atoms with Gasteiger partial charge in [0.1, 0.15) is 11.1 Å². The normalized spacial score (nSPS) is 12.1. The van der Waals surface area contributed by atoms with Crippen molar-refractivity contribution in [3.05, 3.63) is 48.5 Å². The minimum Gasteiger partial charge on any atom is -0.494 e. The van der Waals surface area contributed by atoms with Crippen LogP contribution in [-0.2, 0) is 4.79 Å². The Morgan fingerprint density at radius 3 is 2.45 bits per heavy atom. The highest BCUT2D eigenvalue weighted by molar-refractivity contribution is 6.32. The Bertz CT molecular complexity index is 672. The van der Waals surface area contributed by atoms with Crippen molar-refractivity contribution in [2.24, 2.45) is 10.2 Å². The van der Waals surface area contributed by atoms with Crippen LogP contribution in [0.3, 0.4) is 0 Å². The third-order valence-corrected chi connectivity index (χ3v) is 3.04. The monoisotopic (exact) mass is 317 g/mol. The molecule has 6 heteroatoms. The van der Waals surface area contributed by atoms with Gasteiger partial charge in [-0.05, 0) is 31.2 Å². The van der Waals surface area contributed by atoms with Crippen LogP contribution < -0.4 is 10.1 Å². The Morgan fingerprint density at radius 2 is 1.82 bits per heavy atom. The third-order valence-electron chi connectivity index (χ3n) is 2.84. The molecule has 0 aliphatic rings. The lowest BCUT2D eigenvalue weighted by atomic mass is 10.2. The molecule has 0 fully saturated rings. The molecule has 0 heterocycles. The van der Waals surface area contributed by atoms with E-state index in [0.717, 1.165) is 5.69 Å². The highest BCUT2D eigenvalue weighted by atomic mass is 35.5. The van der Waals surface area contributed by atoms with Crippen molar-refractivity contribution >= 4 is 34.6 Å². The van der Waals surface area contributed by atoms with E-state index in [-0.39, 0.29) is 5.91 Å². The summed E-state index contributed by atoms with van der Waals surface area (Å²) in [5, 5.41) is 10.3. The van der Waals surface area contributed by atoms with Gasteiger partial charge in [0.15, 0.2) is 0 Å². The maximum Gasteiger partial charge on any atom is 0.242 e. The van der Waals surface area contributed by atoms with E-state index in [1.54, 1.807) is 25.1 Å². The topological polar surface area (TPSA) is 63.1 Å². The average molecular weight is 318 g/mol. The van der Waals surface area contributed by atoms with Gasteiger partial charge in [-0.15, -0.1) is 11.6 Å². The van der Waals surface area contributed by atoms with Crippen LogP contribution in [0.1, 0.15) is 6.92 Å². The quantitative estimate of drug-likeness (QED) is 0.643. The Hall–Kier alpha value is -2.40. The summed E-state index contributed by atoms with van der Waals surface area (Å²) in [7, 11) is 1.52. The molecular weight excluding hydrogens is 302 g/mol. The Balaban J connectivity index is 2.18. The van der Waals surface area contributed by atoms with Gasteiger partial charge in [0, 0.05) is 6.07 Å². The fourth-order valence-corrected chi connectivity index (χ4v) is 1.74. The highest BCUT2D eigenvalue weighted by Gasteiger charge is 2.12. The molecule has 0 aliphatic heterocycles. The van der Waals surface area contributed by atoms with Gasteiger partial charge < -0.3 is 10.1 Å². The summed E-state index contributed by atoms with van der Waals surface area (Å²) in [4.78, 5) is 11.6. The number of ether oxygens (including phenoxy) is 1. The van der Waals surface area contributed by atoms with Crippen molar-refractivity contribution in [2.75, 3.05) is 12.4 Å². The van der Waals surface area contributed by atoms with Gasteiger partial charge in [-0.25, -0.2) is 0 Å². The highest BCUT2D eigenvalue weighted by Crippen LogP contribution is 2.30. The van der Waals surface area contributed by atoms with Gasteiger partial charge in [0.2, 0.25) is 5.91 Å². The molecule has 0 aromatic heterocycles. The number of azo groups is 1. The first-order chi connectivity index (χ1) is 10.6. The van der Waals surface area contributed by atoms with Crippen molar-refractivity contribution in [1.82, 2.24) is 0 Å². The van der Waals surface area contributed by atoms with Crippen LogP contribution in [0.25, 0.3) is 0 Å². The minimum atomic E-state index is -0.623. The Morgan fingerprint density at radius 1 is 1.14 bits per heavy atom. The summed E-state index contributed by atoms with van der Waals surface area (Å²) < 4.78 is 5.26. The van der Waals surface area contributed by atoms with E-state index in [4.69, 9.17) is 16.3 Å². The summed E-state index contributed by atoms with van der Waals surface area (Å²) in [5.74, 6) is 0.203. The number of methoxy groups -OCH3 is 1. The molecule has 22 heavy (non-hydrogen) atoms. The smallest absolute Gasteiger partial charge is 0.242 e. The second kappa shape index (κ2) is 7.56. The molecule has 114 valence electrons. The number of nitrogens with zero attached hydrogens (tertiary/aromatic N) is 2. The van der Waals surface area contributed by atoms with Gasteiger partial charge in [-0.2, -0.15) is 10.2 Å². The zero-order valence-corrected chi connectivity index (χ0v) is 13.0. The molecule has 2 aromatic carbocycles. The summed E-state index contributed by atoms with van der Waals surface area (Å²) in [6, 6.07) is 14.5. The molecule has 0 saturated carbocycles. The van der Waals surface area contributed by atoms with Crippen molar-refractivity contribution in [2.45, 2.75) is 12.3 Å². The van der Waals surface area contributed by atoms with Crippen molar-refractivity contribution in [3.63, 3.8) is 0 Å². The maximum absolute atomic E-state index is 11.6. The van der Waals surface area contributed by atoms with E-state index < -0.39 is 5.38 Å². The van der Waals surface area contributed by atoms with Crippen LogP contribution in [0.5, 0.6) is 5.75 Å². The van der Waals surface area contributed by atoms with E-state index in [0.29, 0.717) is 17.1 Å². The Kier molecular flexibility index (Phi) is 5.49. The number of amides is 1. The molecule has 2 aromatic rings. The molecule has 0 radical (unpaired) electrons. The predicted molar refractivity (Wildman–Crippen MR) is 87.6 cm³/mol. The Labute approximate surface area is 134 Å². The fourth-order valence-electron chi connectivity index (χ4n) is 1.69. The SMILES string of the molecule is COc1cc(N=Nc2ccccc2)ccc1NC(=O)C(C)Cl. The molecule has 5 nitrogen and oxygen atoms in total. The van der Waals surface area contributed by atoms with E-state index in [1.807, 2.05) is 30.3 Å². The maximum atomic E-state index is 11.6. The summed E-state index contributed by atoms with van der Waals surface area (Å²) in [5.41, 5.74) is 1.92. The molecule has 1 unspecified atom stereocenters. The summed E-state index contributed by atoms with van der Waals surface area (Å²) >= 11 is 5.74. The van der Waals surface area contributed by atoms with Gasteiger partial charge in [0.25, 0.3) is 0 Å². The van der Waals surface area contributed by atoms with Crippen molar-refractivity contribution in [1.29, 1.82) is 0 Å². The average Bonchev–Trinajstić information content (AvgIpc) is 2.54. The van der Waals surface area contributed by atoms with Crippen molar-refractivity contribution < 1.29 is 9.53 Å². The molecule has 1 N–H and O–H groups in total. The number of carbonyl (C=O) groups excluding carboxylic acids is 1. The molecular formula is C16H16ClN3O2. The number of hydrogen-bond acceptors (Lipinski definition) is 4. The number of nitrogens with one attached hydrogen (secondary N) is 1. The van der Waals surface area contributed by atoms with E-state index in [1.165, 1.54) is 7.11 Å². The lowest BCUT2D eigenvalue weighted by Crippen LogP contribution is -2.20. The second-order valence-electron chi connectivity index (χ2n) is 4.53. The first-order valence-corrected chi connectivity index (χ1v) is 7.13. The van der Waals surface area contributed by atoms with E-state index >= 15 is 0 Å². The zero-order valence-electron chi connectivity index (χ0n) is 12.3. The molecule has 0 saturated heterocycles. The molecule has 2 rings (SSSR count). The van der Waals surface area contributed by atoms with Crippen LogP contribution in [0, 0.1) is 0 Å². The largest absolute Gasteiger partial charge is 0.494 e. The summed E-state index contributed by atoms with van der Waals surface area (Å²) in [6.07, 6.45) is 0. The first-order valence-electron chi connectivity index (χ1n) is 6.70. The second-order valence-corrected chi connectivity index (χ2v) is 5.18. The van der Waals surface area contributed by atoms with Crippen LogP contribution in [0.15, 0.2) is 58.8 Å². The predicted octanol–water partition coefficient (Wildman–Crippen LogP) is 4.68. The molecule has 0 aliphatic carbocycles. The summed E-state index contributed by atoms with van der Waals surface area (Å²) in [6.45, 7) is 1.60. The van der Waals surface area contributed by atoms with Gasteiger partial charge in [-0.3, -0.25) is 4.79 Å². The van der Waals surface area contributed by atoms with Gasteiger partial charge in [0.05, 0.1) is 24.2 Å². The van der Waals surface area contributed by atoms with E-state index in [2.05, 4.69) is 15.5 Å². The number of benzene rings is 2. The third kappa shape index (κ3) is 4.30. The van der Waals surface area contributed by atoms with Crippen LogP contribution in [0.2, 0.25) is 0 Å². The lowest BCUT2D eigenvalue weighted by Gasteiger charge is -2.11. The van der Waals surface area contributed by atoms with Gasteiger partial charge >= 0.3 is 0 Å². The molecule has 0 bridgehead atoms. The van der Waals surface area contributed by atoms with Crippen LogP contribution >= 0.6 is 11.6 Å². The minimum absolute atomic E-state index is 0.293. The van der Waals surface area contributed by atoms with E-state index in [9.17, 15) is 4.79 Å². The zero-order chi connectivity index (χ0) is 15.9. The standard InChI is InChI=1S/C16H16ClN3O2/c1-11(17)16(21)18-14-9-8-13(10-15(14)22-2)20-19-12-6-4-3-5-7-12/h3-11H,1-2H3,(H,18,21). The van der Waals surface area contributed by atoms with Crippen molar-refractivity contribution in [3.8, 4) is 5.75 Å². The van der Waals surface area contributed by atoms with Gasteiger partial charge in [-0.1, -0.05) is 18.2 Å². The number of carbonyl (C=O) groups is 1. The number of alkyl halides is 1. The fraction of sp³-hybridized carbons (Fsp3) is 0.188. The van der Waals surface area contributed by atoms with Crippen LogP contribution in [-0.4, -0.2) is 18.4 Å². The molecule has 1 amide bonds. The molecule has 0 spiro atoms. The lowest BCUT2D eigenvalue weighted by molar-refractivity contribution is -0.115. The first kappa shape index (κ1) is 16.0.